The highest BCUT2D eigenvalue weighted by Crippen LogP contribution is 2.29. The molecule has 0 radical (unpaired) electrons. The van der Waals surface area contributed by atoms with Crippen molar-refractivity contribution in [3.8, 4) is 0 Å². The van der Waals surface area contributed by atoms with Crippen LogP contribution in [-0.2, 0) is 15.7 Å². The van der Waals surface area contributed by atoms with E-state index < -0.39 is 23.5 Å². The average Bonchev–Trinajstić information content (AvgIpc) is 2.34. The molecule has 0 aromatic heterocycles. The van der Waals surface area contributed by atoms with Crippen molar-refractivity contribution < 1.29 is 27.5 Å². The molecule has 0 amide bonds. The van der Waals surface area contributed by atoms with Gasteiger partial charge in [0.05, 0.1) is 12.7 Å². The van der Waals surface area contributed by atoms with Gasteiger partial charge in [0, 0.05) is 11.6 Å². The van der Waals surface area contributed by atoms with Crippen LogP contribution >= 0.6 is 0 Å². The van der Waals surface area contributed by atoms with Crippen LogP contribution in [0.4, 0.5) is 13.2 Å². The molecule has 0 saturated heterocycles. The quantitative estimate of drug-likeness (QED) is 0.475. The molecule has 96 valence electrons. The Kier molecular flexibility index (Phi) is 4.25. The van der Waals surface area contributed by atoms with E-state index in [-0.39, 0.29) is 5.56 Å². The van der Waals surface area contributed by atoms with Gasteiger partial charge >= 0.3 is 12.1 Å². The van der Waals surface area contributed by atoms with Crippen LogP contribution in [0.15, 0.2) is 36.4 Å². The van der Waals surface area contributed by atoms with Gasteiger partial charge in [0.15, 0.2) is 5.78 Å². The number of carbonyl (C=O) groups excluding carboxylic acids is 2. The first-order valence-electron chi connectivity index (χ1n) is 4.82. The van der Waals surface area contributed by atoms with E-state index in [1.54, 1.807) is 0 Å². The minimum atomic E-state index is -4.44. The zero-order valence-corrected chi connectivity index (χ0v) is 9.32. The molecule has 6 heteroatoms. The van der Waals surface area contributed by atoms with Crippen LogP contribution in [0.3, 0.4) is 0 Å². The summed E-state index contributed by atoms with van der Waals surface area (Å²) in [6.07, 6.45) is -2.60. The Labute approximate surface area is 101 Å². The molecule has 0 bridgehead atoms. The van der Waals surface area contributed by atoms with Crippen molar-refractivity contribution in [1.29, 1.82) is 0 Å². The van der Waals surface area contributed by atoms with Crippen LogP contribution in [0.5, 0.6) is 0 Å². The Bertz CT molecular complexity index is 472. The molecular formula is C12H9F3O3. The van der Waals surface area contributed by atoms with E-state index in [1.807, 2.05) is 0 Å². The van der Waals surface area contributed by atoms with Crippen molar-refractivity contribution in [3.63, 3.8) is 0 Å². The number of ether oxygens (including phenoxy) is 1. The lowest BCUT2D eigenvalue weighted by atomic mass is 10.1. The highest BCUT2D eigenvalue weighted by atomic mass is 19.4. The first-order valence-corrected chi connectivity index (χ1v) is 4.82. The molecule has 0 N–H and O–H groups in total. The fraction of sp³-hybridized carbons (Fsp3) is 0.167. The smallest absolute Gasteiger partial charge is 0.416 e. The lowest BCUT2D eigenvalue weighted by molar-refractivity contribution is -0.137. The molecule has 0 unspecified atom stereocenters. The van der Waals surface area contributed by atoms with Crippen molar-refractivity contribution in [1.82, 2.24) is 0 Å². The number of esters is 1. The predicted octanol–water partition coefficient (Wildman–Crippen LogP) is 2.62. The topological polar surface area (TPSA) is 43.4 Å². The van der Waals surface area contributed by atoms with E-state index in [0.29, 0.717) is 0 Å². The number of allylic oxidation sites excluding steroid dienone is 1. The van der Waals surface area contributed by atoms with Gasteiger partial charge in [0.2, 0.25) is 0 Å². The van der Waals surface area contributed by atoms with Gasteiger partial charge < -0.3 is 4.74 Å². The highest BCUT2D eigenvalue weighted by Gasteiger charge is 2.30. The zero-order chi connectivity index (χ0) is 13.8. The van der Waals surface area contributed by atoms with Crippen molar-refractivity contribution in [3.05, 3.63) is 47.5 Å². The minimum Gasteiger partial charge on any atom is -0.466 e. The molecule has 0 aliphatic carbocycles. The summed E-state index contributed by atoms with van der Waals surface area (Å²) in [5.74, 6) is -1.29. The van der Waals surface area contributed by atoms with Gasteiger partial charge in [0.25, 0.3) is 0 Å². The van der Waals surface area contributed by atoms with Crippen molar-refractivity contribution in [2.45, 2.75) is 6.18 Å². The number of alkyl halides is 3. The number of hydrogen-bond acceptors (Lipinski definition) is 3. The van der Waals surface area contributed by atoms with Gasteiger partial charge in [-0.3, -0.25) is 4.79 Å². The molecule has 1 rings (SSSR count). The van der Waals surface area contributed by atoms with Crippen molar-refractivity contribution in [2.24, 2.45) is 0 Å². The SMILES string of the molecule is COC(=O)/C=C\C(=O)c1ccc(C(F)(F)F)cc1. The number of benzene rings is 1. The summed E-state index contributed by atoms with van der Waals surface area (Å²) >= 11 is 0. The van der Waals surface area contributed by atoms with Gasteiger partial charge in [-0.1, -0.05) is 12.1 Å². The molecule has 0 heterocycles. The second-order valence-corrected chi connectivity index (χ2v) is 3.30. The fourth-order valence-electron chi connectivity index (χ4n) is 1.13. The Balaban J connectivity index is 2.83. The maximum Gasteiger partial charge on any atom is 0.416 e. The van der Waals surface area contributed by atoms with Crippen LogP contribution in [0.1, 0.15) is 15.9 Å². The molecule has 3 nitrogen and oxygen atoms in total. The summed E-state index contributed by atoms with van der Waals surface area (Å²) in [4.78, 5) is 22.2. The summed E-state index contributed by atoms with van der Waals surface area (Å²) in [6, 6.07) is 3.71. The Morgan fingerprint density at radius 1 is 1.11 bits per heavy atom. The molecule has 18 heavy (non-hydrogen) atoms. The van der Waals surface area contributed by atoms with E-state index in [4.69, 9.17) is 0 Å². The van der Waals surface area contributed by atoms with Crippen molar-refractivity contribution in [2.75, 3.05) is 7.11 Å². The molecule has 0 atom stereocenters. The van der Waals surface area contributed by atoms with Crippen LogP contribution in [0.2, 0.25) is 0 Å². The summed E-state index contributed by atoms with van der Waals surface area (Å²) in [5, 5.41) is 0. The molecule has 1 aromatic carbocycles. The summed E-state index contributed by atoms with van der Waals surface area (Å²) in [5.41, 5.74) is -0.779. The van der Waals surface area contributed by atoms with E-state index in [1.165, 1.54) is 0 Å². The molecule has 0 spiro atoms. The normalized spacial score (nSPS) is 11.6. The standard InChI is InChI=1S/C12H9F3O3/c1-18-11(17)7-6-10(16)8-2-4-9(5-3-8)12(13,14)15/h2-7H,1H3/b7-6-. The summed E-state index contributed by atoms with van der Waals surface area (Å²) in [6.45, 7) is 0. The third kappa shape index (κ3) is 3.73. The molecule has 1 aromatic rings. The Hall–Kier alpha value is -2.11. The van der Waals surface area contributed by atoms with Gasteiger partial charge in [-0.25, -0.2) is 4.79 Å². The fourth-order valence-corrected chi connectivity index (χ4v) is 1.13. The van der Waals surface area contributed by atoms with Gasteiger partial charge in [-0.15, -0.1) is 0 Å². The first-order chi connectivity index (χ1) is 8.34. The monoisotopic (exact) mass is 258 g/mol. The van der Waals surface area contributed by atoms with Crippen LogP contribution in [0.25, 0.3) is 0 Å². The van der Waals surface area contributed by atoms with Crippen LogP contribution in [0, 0.1) is 0 Å². The molecule has 0 saturated carbocycles. The van der Waals surface area contributed by atoms with E-state index in [0.717, 1.165) is 43.5 Å². The minimum absolute atomic E-state index is 0.0585. The third-order valence-corrected chi connectivity index (χ3v) is 2.07. The number of ketones is 1. The molecule has 0 aliphatic rings. The van der Waals surface area contributed by atoms with Gasteiger partial charge in [0.1, 0.15) is 0 Å². The number of carbonyl (C=O) groups is 2. The molecular weight excluding hydrogens is 249 g/mol. The lowest BCUT2D eigenvalue weighted by Gasteiger charge is -2.06. The average molecular weight is 258 g/mol. The van der Waals surface area contributed by atoms with Gasteiger partial charge in [-0.05, 0) is 18.2 Å². The molecule has 0 aliphatic heterocycles. The Morgan fingerprint density at radius 2 is 1.67 bits per heavy atom. The summed E-state index contributed by atoms with van der Waals surface area (Å²) < 4.78 is 41.1. The Morgan fingerprint density at radius 3 is 2.11 bits per heavy atom. The van der Waals surface area contributed by atoms with Gasteiger partial charge in [-0.2, -0.15) is 13.2 Å². The second kappa shape index (κ2) is 5.48. The largest absolute Gasteiger partial charge is 0.466 e. The highest BCUT2D eigenvalue weighted by molar-refractivity contribution is 6.06. The zero-order valence-electron chi connectivity index (χ0n) is 9.32. The van der Waals surface area contributed by atoms with E-state index in [2.05, 4.69) is 4.74 Å². The second-order valence-electron chi connectivity index (χ2n) is 3.30. The lowest BCUT2D eigenvalue weighted by Crippen LogP contribution is -2.05. The number of rotatable bonds is 3. The van der Waals surface area contributed by atoms with E-state index in [9.17, 15) is 22.8 Å². The maximum atomic E-state index is 12.3. The number of methoxy groups -OCH3 is 1. The maximum absolute atomic E-state index is 12.3. The number of hydrogen-bond donors (Lipinski definition) is 0. The van der Waals surface area contributed by atoms with Crippen LogP contribution < -0.4 is 0 Å². The first kappa shape index (κ1) is 14.0. The third-order valence-electron chi connectivity index (χ3n) is 2.07. The van der Waals surface area contributed by atoms with Crippen molar-refractivity contribution >= 4 is 11.8 Å². The summed E-state index contributed by atoms with van der Waals surface area (Å²) in [7, 11) is 1.15. The number of halogens is 3. The van der Waals surface area contributed by atoms with Crippen LogP contribution in [-0.4, -0.2) is 18.9 Å². The predicted molar refractivity (Wildman–Crippen MR) is 56.9 cm³/mol. The van der Waals surface area contributed by atoms with E-state index >= 15 is 0 Å². The molecule has 0 fully saturated rings.